The number of benzene rings is 1. The zero-order valence-electron chi connectivity index (χ0n) is 11.6. The van der Waals surface area contributed by atoms with Gasteiger partial charge in [-0.1, -0.05) is 12.1 Å². The van der Waals surface area contributed by atoms with Gasteiger partial charge in [0.15, 0.2) is 5.65 Å². The number of anilines is 1. The molecule has 3 rings (SSSR count). The third kappa shape index (κ3) is 2.50. The van der Waals surface area contributed by atoms with E-state index in [0.717, 1.165) is 41.9 Å². The molecule has 4 nitrogen and oxygen atoms in total. The molecule has 0 aliphatic heterocycles. The molecule has 0 radical (unpaired) electrons. The Morgan fingerprint density at radius 1 is 1.10 bits per heavy atom. The fraction of sp³-hybridized carbons (Fsp3) is 0.250. The summed E-state index contributed by atoms with van der Waals surface area (Å²) in [6.45, 7) is 0. The Balaban J connectivity index is 1.68. The summed E-state index contributed by atoms with van der Waals surface area (Å²) in [6, 6.07) is 12.0. The van der Waals surface area contributed by atoms with Crippen LogP contribution in [0.5, 0.6) is 0 Å². The summed E-state index contributed by atoms with van der Waals surface area (Å²) >= 11 is 0. The highest BCUT2D eigenvalue weighted by atomic mass is 15.1. The van der Waals surface area contributed by atoms with Crippen molar-refractivity contribution in [2.24, 2.45) is 7.05 Å². The zero-order valence-corrected chi connectivity index (χ0v) is 11.6. The van der Waals surface area contributed by atoms with Crippen LogP contribution in [0.4, 0.5) is 5.69 Å². The zero-order chi connectivity index (χ0) is 13.9. The second-order valence-electron chi connectivity index (χ2n) is 5.03. The van der Waals surface area contributed by atoms with Crippen LogP contribution in [0, 0.1) is 0 Å². The molecular weight excluding hydrogens is 248 g/mol. The van der Waals surface area contributed by atoms with Crippen LogP contribution >= 0.6 is 0 Å². The van der Waals surface area contributed by atoms with Gasteiger partial charge in [-0.05, 0) is 42.7 Å². The summed E-state index contributed by atoms with van der Waals surface area (Å²) in [5, 5.41) is 0. The average Bonchev–Trinajstić information content (AvgIpc) is 2.78. The van der Waals surface area contributed by atoms with Crippen LogP contribution in [0.1, 0.15) is 17.8 Å². The lowest BCUT2D eigenvalue weighted by molar-refractivity contribution is 0.730. The Bertz CT molecular complexity index is 713. The number of hydrogen-bond acceptors (Lipinski definition) is 3. The van der Waals surface area contributed by atoms with Gasteiger partial charge in [0.05, 0.1) is 0 Å². The number of nitrogen functional groups attached to an aromatic ring is 1. The summed E-state index contributed by atoms with van der Waals surface area (Å²) < 4.78 is 2.08. The highest BCUT2D eigenvalue weighted by molar-refractivity contribution is 5.70. The Kier molecular flexibility index (Phi) is 3.37. The SMILES string of the molecule is Cn1c(CCCc2ccc(N)cc2)nc2cccnc21. The van der Waals surface area contributed by atoms with Gasteiger partial charge in [-0.25, -0.2) is 9.97 Å². The van der Waals surface area contributed by atoms with Crippen molar-refractivity contribution in [3.05, 3.63) is 54.0 Å². The lowest BCUT2D eigenvalue weighted by atomic mass is 10.1. The van der Waals surface area contributed by atoms with Gasteiger partial charge in [-0.2, -0.15) is 0 Å². The monoisotopic (exact) mass is 266 g/mol. The molecule has 2 heterocycles. The summed E-state index contributed by atoms with van der Waals surface area (Å²) in [5.41, 5.74) is 9.74. The molecule has 4 heteroatoms. The van der Waals surface area contributed by atoms with Crippen LogP contribution in [0.15, 0.2) is 42.6 Å². The van der Waals surface area contributed by atoms with Crippen molar-refractivity contribution in [1.29, 1.82) is 0 Å². The fourth-order valence-electron chi connectivity index (χ4n) is 2.43. The topological polar surface area (TPSA) is 56.7 Å². The Morgan fingerprint density at radius 2 is 1.90 bits per heavy atom. The highest BCUT2D eigenvalue weighted by Crippen LogP contribution is 2.14. The molecule has 0 bridgehead atoms. The first-order chi connectivity index (χ1) is 9.74. The van der Waals surface area contributed by atoms with Crippen molar-refractivity contribution < 1.29 is 0 Å². The number of imidazole rings is 1. The van der Waals surface area contributed by atoms with Crippen LogP contribution in [0.2, 0.25) is 0 Å². The third-order valence-electron chi connectivity index (χ3n) is 3.57. The number of aromatic nitrogens is 3. The maximum atomic E-state index is 5.69. The number of nitrogens with two attached hydrogens (primary N) is 1. The quantitative estimate of drug-likeness (QED) is 0.739. The summed E-state index contributed by atoms with van der Waals surface area (Å²) in [7, 11) is 2.03. The minimum atomic E-state index is 0.815. The van der Waals surface area contributed by atoms with Gasteiger partial charge in [0.2, 0.25) is 0 Å². The Hall–Kier alpha value is -2.36. The van der Waals surface area contributed by atoms with E-state index < -0.39 is 0 Å². The van der Waals surface area contributed by atoms with Gasteiger partial charge in [0.25, 0.3) is 0 Å². The highest BCUT2D eigenvalue weighted by Gasteiger charge is 2.07. The van der Waals surface area contributed by atoms with Gasteiger partial charge < -0.3 is 10.3 Å². The molecule has 0 unspecified atom stereocenters. The smallest absolute Gasteiger partial charge is 0.159 e. The number of fused-ring (bicyclic) bond motifs is 1. The summed E-state index contributed by atoms with van der Waals surface area (Å²) in [4.78, 5) is 9.00. The van der Waals surface area contributed by atoms with Crippen molar-refractivity contribution in [2.75, 3.05) is 5.73 Å². The van der Waals surface area contributed by atoms with E-state index in [1.807, 2.05) is 37.5 Å². The average molecular weight is 266 g/mol. The molecule has 0 saturated heterocycles. The van der Waals surface area contributed by atoms with Crippen LogP contribution < -0.4 is 5.73 Å². The van der Waals surface area contributed by atoms with Crippen molar-refractivity contribution in [3.63, 3.8) is 0 Å². The molecule has 3 aromatic rings. The number of aryl methyl sites for hydroxylation is 3. The van der Waals surface area contributed by atoms with E-state index in [1.165, 1.54) is 5.56 Å². The lowest BCUT2D eigenvalue weighted by Gasteiger charge is -2.03. The van der Waals surface area contributed by atoms with Crippen LogP contribution in [0.3, 0.4) is 0 Å². The number of rotatable bonds is 4. The minimum absolute atomic E-state index is 0.815. The number of pyridine rings is 1. The van der Waals surface area contributed by atoms with E-state index in [9.17, 15) is 0 Å². The van der Waals surface area contributed by atoms with E-state index in [0.29, 0.717) is 0 Å². The first kappa shape index (κ1) is 12.7. The van der Waals surface area contributed by atoms with E-state index >= 15 is 0 Å². The van der Waals surface area contributed by atoms with Gasteiger partial charge in [0, 0.05) is 25.4 Å². The van der Waals surface area contributed by atoms with E-state index in [2.05, 4.69) is 26.7 Å². The van der Waals surface area contributed by atoms with Crippen molar-refractivity contribution in [1.82, 2.24) is 14.5 Å². The molecule has 0 amide bonds. The normalized spacial score (nSPS) is 11.1. The molecule has 0 atom stereocenters. The van der Waals surface area contributed by atoms with Gasteiger partial charge in [-0.3, -0.25) is 0 Å². The molecule has 0 saturated carbocycles. The Morgan fingerprint density at radius 3 is 2.65 bits per heavy atom. The first-order valence-corrected chi connectivity index (χ1v) is 6.85. The molecule has 0 fully saturated rings. The van der Waals surface area contributed by atoms with Gasteiger partial charge >= 0.3 is 0 Å². The number of hydrogen-bond donors (Lipinski definition) is 1. The summed E-state index contributed by atoms with van der Waals surface area (Å²) in [5.74, 6) is 1.09. The standard InChI is InChI=1S/C16H18N4/c1-20-15(19-14-5-3-11-18-16(14)20)6-2-4-12-7-9-13(17)10-8-12/h3,5,7-11H,2,4,6,17H2,1H3. The second-order valence-corrected chi connectivity index (χ2v) is 5.03. The molecule has 20 heavy (non-hydrogen) atoms. The molecule has 2 aromatic heterocycles. The van der Waals surface area contributed by atoms with Crippen molar-refractivity contribution in [3.8, 4) is 0 Å². The first-order valence-electron chi connectivity index (χ1n) is 6.85. The minimum Gasteiger partial charge on any atom is -0.399 e. The Labute approximate surface area is 118 Å². The maximum absolute atomic E-state index is 5.69. The van der Waals surface area contributed by atoms with Crippen molar-refractivity contribution >= 4 is 16.9 Å². The predicted octanol–water partition coefficient (Wildman–Crippen LogP) is 2.73. The fourth-order valence-corrected chi connectivity index (χ4v) is 2.43. The van der Waals surface area contributed by atoms with E-state index in [-0.39, 0.29) is 0 Å². The van der Waals surface area contributed by atoms with Gasteiger partial charge in [-0.15, -0.1) is 0 Å². The molecule has 0 aliphatic carbocycles. The van der Waals surface area contributed by atoms with E-state index in [4.69, 9.17) is 5.73 Å². The van der Waals surface area contributed by atoms with Crippen LogP contribution in [-0.2, 0) is 19.9 Å². The largest absolute Gasteiger partial charge is 0.399 e. The number of nitrogens with zero attached hydrogens (tertiary/aromatic N) is 3. The van der Waals surface area contributed by atoms with Crippen molar-refractivity contribution in [2.45, 2.75) is 19.3 Å². The second kappa shape index (κ2) is 5.33. The third-order valence-corrected chi connectivity index (χ3v) is 3.57. The maximum Gasteiger partial charge on any atom is 0.159 e. The molecular formula is C16H18N4. The van der Waals surface area contributed by atoms with Gasteiger partial charge in [0.1, 0.15) is 11.3 Å². The van der Waals surface area contributed by atoms with E-state index in [1.54, 1.807) is 0 Å². The molecule has 2 N–H and O–H groups in total. The summed E-state index contributed by atoms with van der Waals surface area (Å²) in [6.07, 6.45) is 4.87. The van der Waals surface area contributed by atoms with Crippen LogP contribution in [0.25, 0.3) is 11.2 Å². The molecule has 0 aliphatic rings. The molecule has 0 spiro atoms. The molecule has 1 aromatic carbocycles. The lowest BCUT2D eigenvalue weighted by Crippen LogP contribution is -2.00. The van der Waals surface area contributed by atoms with Crippen LogP contribution in [-0.4, -0.2) is 14.5 Å². The predicted molar refractivity (Wildman–Crippen MR) is 81.4 cm³/mol. The molecule has 102 valence electrons.